The number of alkyl halides is 3. The number of halogens is 3. The lowest BCUT2D eigenvalue weighted by Gasteiger charge is -2.17. The lowest BCUT2D eigenvalue weighted by molar-refractivity contribution is -0.143. The molecule has 1 aliphatic heterocycles. The number of imide groups is 3. The highest BCUT2D eigenvalue weighted by Crippen LogP contribution is 2.21. The van der Waals surface area contributed by atoms with Crippen LogP contribution in [0, 0.1) is 0 Å². The molecule has 1 aliphatic carbocycles. The zero-order valence-electron chi connectivity index (χ0n) is 14.8. The largest absolute Gasteiger partial charge is 0.405 e. The maximum absolute atomic E-state index is 12.2. The van der Waals surface area contributed by atoms with Crippen LogP contribution in [-0.2, 0) is 14.4 Å². The quantitative estimate of drug-likeness (QED) is 0.390. The van der Waals surface area contributed by atoms with Crippen LogP contribution in [-0.4, -0.2) is 65.4 Å². The molecule has 0 bridgehead atoms. The fraction of sp³-hybridized carbons (Fsp3) is 0.562. The van der Waals surface area contributed by atoms with E-state index >= 15 is 0 Å². The fourth-order valence-electron chi connectivity index (χ4n) is 2.81. The van der Waals surface area contributed by atoms with E-state index in [0.29, 0.717) is 11.3 Å². The minimum Gasteiger partial charge on any atom is -0.329 e. The van der Waals surface area contributed by atoms with Gasteiger partial charge in [-0.25, -0.2) is 14.5 Å². The summed E-state index contributed by atoms with van der Waals surface area (Å²) in [6.45, 7) is -2.63. The zero-order valence-corrected chi connectivity index (χ0v) is 14.8. The number of carbonyl (C=O) groups is 5. The molecule has 0 radical (unpaired) electrons. The first kappa shape index (κ1) is 21.4. The van der Waals surface area contributed by atoms with Crippen LogP contribution in [0.2, 0.25) is 0 Å². The smallest absolute Gasteiger partial charge is 0.329 e. The van der Waals surface area contributed by atoms with Gasteiger partial charge in [0.2, 0.25) is 5.91 Å². The highest BCUT2D eigenvalue weighted by molar-refractivity contribution is 6.45. The van der Waals surface area contributed by atoms with Crippen molar-refractivity contribution in [1.29, 1.82) is 0 Å². The van der Waals surface area contributed by atoms with Crippen LogP contribution >= 0.6 is 0 Å². The van der Waals surface area contributed by atoms with Crippen molar-refractivity contribution in [3.05, 3.63) is 11.6 Å². The Morgan fingerprint density at radius 2 is 1.75 bits per heavy atom. The predicted octanol–water partition coefficient (Wildman–Crippen LogP) is 1.06. The monoisotopic (exact) mass is 404 g/mol. The van der Waals surface area contributed by atoms with Gasteiger partial charge >= 0.3 is 30.1 Å². The molecule has 0 atom stereocenters. The minimum atomic E-state index is -4.66. The lowest BCUT2D eigenvalue weighted by atomic mass is 9.97. The molecule has 154 valence electrons. The first-order valence-electron chi connectivity index (χ1n) is 8.58. The van der Waals surface area contributed by atoms with Gasteiger partial charge in [-0.3, -0.25) is 24.6 Å². The summed E-state index contributed by atoms with van der Waals surface area (Å²) < 4.78 is 36.0. The van der Waals surface area contributed by atoms with Gasteiger partial charge in [-0.1, -0.05) is 11.6 Å². The number of rotatable bonds is 6. The van der Waals surface area contributed by atoms with Crippen molar-refractivity contribution in [2.24, 2.45) is 0 Å². The Morgan fingerprint density at radius 1 is 1.07 bits per heavy atom. The van der Waals surface area contributed by atoms with Gasteiger partial charge in [0, 0.05) is 6.54 Å². The molecule has 1 heterocycles. The second-order valence-corrected chi connectivity index (χ2v) is 6.33. The van der Waals surface area contributed by atoms with Crippen molar-refractivity contribution >= 4 is 29.8 Å². The first-order chi connectivity index (χ1) is 13.1. The van der Waals surface area contributed by atoms with E-state index in [1.165, 1.54) is 5.32 Å². The SMILES string of the molecule is O=C(CN1C(=O)C(=O)N(CCC2=CCCCC2)C1=O)NC(=O)NCC(F)(F)F. The zero-order chi connectivity index (χ0) is 20.9. The number of urea groups is 2. The van der Waals surface area contributed by atoms with Crippen molar-refractivity contribution in [3.8, 4) is 0 Å². The minimum absolute atomic E-state index is 0.0145. The second kappa shape index (κ2) is 8.85. The predicted molar refractivity (Wildman–Crippen MR) is 87.6 cm³/mol. The van der Waals surface area contributed by atoms with E-state index in [1.807, 2.05) is 6.08 Å². The van der Waals surface area contributed by atoms with Crippen molar-refractivity contribution in [3.63, 3.8) is 0 Å². The van der Waals surface area contributed by atoms with Gasteiger partial charge in [0.05, 0.1) is 0 Å². The van der Waals surface area contributed by atoms with Gasteiger partial charge in [0.15, 0.2) is 0 Å². The molecule has 2 N–H and O–H groups in total. The van der Waals surface area contributed by atoms with E-state index in [4.69, 9.17) is 0 Å². The van der Waals surface area contributed by atoms with Gasteiger partial charge in [-0.2, -0.15) is 13.2 Å². The third kappa shape index (κ3) is 5.79. The Balaban J connectivity index is 1.87. The molecule has 0 saturated carbocycles. The fourth-order valence-corrected chi connectivity index (χ4v) is 2.81. The van der Waals surface area contributed by atoms with E-state index in [2.05, 4.69) is 0 Å². The number of nitrogens with one attached hydrogen (secondary N) is 2. The van der Waals surface area contributed by atoms with Crippen LogP contribution in [0.25, 0.3) is 0 Å². The molecule has 28 heavy (non-hydrogen) atoms. The molecule has 0 aromatic heterocycles. The van der Waals surface area contributed by atoms with Gasteiger partial charge in [0.1, 0.15) is 13.1 Å². The molecule has 0 spiro atoms. The van der Waals surface area contributed by atoms with E-state index in [0.717, 1.165) is 36.2 Å². The van der Waals surface area contributed by atoms with Crippen molar-refractivity contribution in [2.75, 3.05) is 19.6 Å². The third-order valence-electron chi connectivity index (χ3n) is 4.18. The number of hydrogen-bond acceptors (Lipinski definition) is 5. The van der Waals surface area contributed by atoms with Crippen LogP contribution < -0.4 is 10.6 Å². The number of carbonyl (C=O) groups excluding carboxylic acids is 5. The molecule has 7 amide bonds. The molecular formula is C16H19F3N4O5. The van der Waals surface area contributed by atoms with Gasteiger partial charge in [-0.15, -0.1) is 0 Å². The molecular weight excluding hydrogens is 385 g/mol. The number of amides is 7. The van der Waals surface area contributed by atoms with E-state index in [1.54, 1.807) is 5.32 Å². The number of nitrogens with zero attached hydrogens (tertiary/aromatic N) is 2. The summed E-state index contributed by atoms with van der Waals surface area (Å²) in [5.41, 5.74) is 1.08. The first-order valence-corrected chi connectivity index (χ1v) is 8.58. The van der Waals surface area contributed by atoms with Gasteiger partial charge in [-0.05, 0) is 32.1 Å². The molecule has 2 aliphatic rings. The average molecular weight is 404 g/mol. The maximum Gasteiger partial charge on any atom is 0.405 e. The topological polar surface area (TPSA) is 116 Å². The second-order valence-electron chi connectivity index (χ2n) is 6.33. The molecule has 1 fully saturated rings. The van der Waals surface area contributed by atoms with Crippen LogP contribution in [0.5, 0.6) is 0 Å². The Labute approximate surface area is 157 Å². The van der Waals surface area contributed by atoms with Crippen LogP contribution in [0.4, 0.5) is 22.8 Å². The van der Waals surface area contributed by atoms with Crippen molar-refractivity contribution in [2.45, 2.75) is 38.3 Å². The standard InChI is InChI=1S/C16H19F3N4O5/c17-16(18,19)9-20-14(27)21-11(24)8-23-13(26)12(25)22(15(23)28)7-6-10-4-2-1-3-5-10/h4H,1-3,5-9H2,(H2,20,21,24,27). The van der Waals surface area contributed by atoms with Crippen molar-refractivity contribution in [1.82, 2.24) is 20.4 Å². The Bertz CT molecular complexity index is 720. The van der Waals surface area contributed by atoms with Gasteiger partial charge in [0.25, 0.3) is 0 Å². The average Bonchev–Trinajstić information content (AvgIpc) is 2.82. The normalized spacial score (nSPS) is 17.7. The molecule has 0 unspecified atom stereocenters. The highest BCUT2D eigenvalue weighted by atomic mass is 19.4. The highest BCUT2D eigenvalue weighted by Gasteiger charge is 2.45. The Morgan fingerprint density at radius 3 is 2.36 bits per heavy atom. The molecule has 0 aromatic rings. The number of allylic oxidation sites excluding steroid dienone is 1. The van der Waals surface area contributed by atoms with E-state index in [9.17, 15) is 37.1 Å². The summed E-state index contributed by atoms with van der Waals surface area (Å²) in [5, 5.41) is 2.97. The molecule has 1 saturated heterocycles. The van der Waals surface area contributed by atoms with E-state index in [-0.39, 0.29) is 6.54 Å². The summed E-state index contributed by atoms with van der Waals surface area (Å²) in [6.07, 6.45) is 1.63. The number of hydrogen-bond donors (Lipinski definition) is 2. The summed E-state index contributed by atoms with van der Waals surface area (Å²) in [6, 6.07) is -2.44. The van der Waals surface area contributed by atoms with Gasteiger partial charge < -0.3 is 5.32 Å². The van der Waals surface area contributed by atoms with Crippen LogP contribution in [0.1, 0.15) is 32.1 Å². The maximum atomic E-state index is 12.2. The molecule has 12 heteroatoms. The Kier molecular flexibility index (Phi) is 6.75. The Hall–Kier alpha value is -2.92. The van der Waals surface area contributed by atoms with Crippen molar-refractivity contribution < 1.29 is 37.1 Å². The van der Waals surface area contributed by atoms with Crippen LogP contribution in [0.15, 0.2) is 11.6 Å². The van der Waals surface area contributed by atoms with E-state index < -0.39 is 49.0 Å². The lowest BCUT2D eigenvalue weighted by Crippen LogP contribution is -2.48. The summed E-state index contributed by atoms with van der Waals surface area (Å²) in [7, 11) is 0. The molecule has 9 nitrogen and oxygen atoms in total. The molecule has 0 aromatic carbocycles. The summed E-state index contributed by atoms with van der Waals surface area (Å²) >= 11 is 0. The summed E-state index contributed by atoms with van der Waals surface area (Å²) in [4.78, 5) is 60.1. The third-order valence-corrected chi connectivity index (χ3v) is 4.18. The molecule has 2 rings (SSSR count). The van der Waals surface area contributed by atoms with Crippen LogP contribution in [0.3, 0.4) is 0 Å². The summed E-state index contributed by atoms with van der Waals surface area (Å²) in [5.74, 6) is -3.52.